The van der Waals surface area contributed by atoms with Gasteiger partial charge in [-0.1, -0.05) is 24.3 Å². The molecule has 0 unspecified atom stereocenters. The lowest BCUT2D eigenvalue weighted by atomic mass is 10.1. The molecular weight excluding hydrogens is 319 g/mol. The van der Waals surface area contributed by atoms with E-state index in [0.717, 1.165) is 11.8 Å². The lowest BCUT2D eigenvalue weighted by molar-refractivity contribution is -0.136. The van der Waals surface area contributed by atoms with Crippen molar-refractivity contribution in [1.29, 1.82) is 0 Å². The molecule has 3 rings (SSSR count). The van der Waals surface area contributed by atoms with Crippen molar-refractivity contribution in [1.82, 2.24) is 0 Å². The Balaban J connectivity index is 1.89. The molecule has 0 aromatic heterocycles. The van der Waals surface area contributed by atoms with Crippen LogP contribution in [-0.2, 0) is 6.18 Å². The number of halogens is 3. The van der Waals surface area contributed by atoms with Crippen LogP contribution in [0, 0.1) is 0 Å². The van der Waals surface area contributed by atoms with Crippen LogP contribution in [0.1, 0.15) is 5.56 Å². The summed E-state index contributed by atoms with van der Waals surface area (Å²) in [5.41, 5.74) is 0.434. The van der Waals surface area contributed by atoms with Crippen LogP contribution in [-0.4, -0.2) is 26.2 Å². The van der Waals surface area contributed by atoms with Gasteiger partial charge in [-0.2, -0.15) is 13.2 Å². The van der Waals surface area contributed by atoms with Crippen LogP contribution in [0.5, 0.6) is 0 Å². The van der Waals surface area contributed by atoms with Gasteiger partial charge in [-0.25, -0.2) is 4.79 Å². The lowest BCUT2D eigenvalue weighted by Crippen LogP contribution is -2.44. The van der Waals surface area contributed by atoms with Crippen molar-refractivity contribution in [2.24, 2.45) is 0 Å². The van der Waals surface area contributed by atoms with Crippen molar-refractivity contribution in [2.45, 2.75) is 6.18 Å². The van der Waals surface area contributed by atoms with Crippen molar-refractivity contribution in [3.05, 3.63) is 54.1 Å². The van der Waals surface area contributed by atoms with E-state index in [1.54, 1.807) is 12.1 Å². The molecule has 0 spiro atoms. The van der Waals surface area contributed by atoms with Gasteiger partial charge >= 0.3 is 12.2 Å². The van der Waals surface area contributed by atoms with Crippen LogP contribution >= 0.6 is 0 Å². The van der Waals surface area contributed by atoms with E-state index in [-0.39, 0.29) is 5.69 Å². The third-order valence-electron chi connectivity index (χ3n) is 3.96. The normalized spacial score (nSPS) is 14.3. The summed E-state index contributed by atoms with van der Waals surface area (Å²) in [6.07, 6.45) is -4.52. The number of nitrogens with one attached hydrogen (secondary N) is 1. The molecule has 1 aliphatic heterocycles. The fourth-order valence-electron chi connectivity index (χ4n) is 2.74. The van der Waals surface area contributed by atoms with Gasteiger partial charge in [-0.3, -0.25) is 4.90 Å². The number of alkyl halides is 3. The first-order valence-electron chi connectivity index (χ1n) is 7.43. The predicted octanol–water partition coefficient (Wildman–Crippen LogP) is 4.19. The van der Waals surface area contributed by atoms with Crippen molar-refractivity contribution >= 4 is 23.1 Å². The molecule has 126 valence electrons. The first-order valence-corrected chi connectivity index (χ1v) is 7.43. The van der Waals surface area contributed by atoms with Crippen molar-refractivity contribution in [3.8, 4) is 0 Å². The number of fused-ring (bicyclic) bond motifs is 1. The third kappa shape index (κ3) is 3.02. The average Bonchev–Trinajstić information content (AvgIpc) is 2.55. The highest BCUT2D eigenvalue weighted by atomic mass is 19.4. The van der Waals surface area contributed by atoms with E-state index < -0.39 is 17.8 Å². The first-order chi connectivity index (χ1) is 11.4. The van der Waals surface area contributed by atoms with Crippen LogP contribution in [0.3, 0.4) is 0 Å². The van der Waals surface area contributed by atoms with Crippen molar-refractivity contribution in [3.63, 3.8) is 0 Å². The summed E-state index contributed by atoms with van der Waals surface area (Å²) < 4.78 is 39.2. The molecule has 0 atom stereocenters. The number of rotatable bonds is 1. The zero-order valence-electron chi connectivity index (χ0n) is 13.0. The van der Waals surface area contributed by atoms with Crippen molar-refractivity contribution in [2.75, 3.05) is 35.3 Å². The minimum absolute atomic E-state index is 0.244. The number of amides is 2. The van der Waals surface area contributed by atoms with Gasteiger partial charge in [-0.05, 0) is 24.3 Å². The quantitative estimate of drug-likeness (QED) is 0.848. The van der Waals surface area contributed by atoms with E-state index in [0.29, 0.717) is 18.8 Å². The molecule has 24 heavy (non-hydrogen) atoms. The summed E-state index contributed by atoms with van der Waals surface area (Å²) in [5, 5.41) is 2.39. The van der Waals surface area contributed by atoms with E-state index in [1.807, 2.05) is 24.1 Å². The van der Waals surface area contributed by atoms with Gasteiger partial charge in [-0.15, -0.1) is 0 Å². The fraction of sp³-hybridized carbons (Fsp3) is 0.235. The van der Waals surface area contributed by atoms with Crippen LogP contribution < -0.4 is 15.1 Å². The molecule has 1 heterocycles. The Morgan fingerprint density at radius 2 is 1.62 bits per heavy atom. The van der Waals surface area contributed by atoms with Gasteiger partial charge in [0.15, 0.2) is 0 Å². The molecule has 0 saturated heterocycles. The number of carbonyl (C=O) groups excluding carboxylic acids is 1. The summed E-state index contributed by atoms with van der Waals surface area (Å²) in [6.45, 7) is 0.999. The van der Waals surface area contributed by atoms with Gasteiger partial charge in [0.25, 0.3) is 0 Å². The molecule has 0 saturated carbocycles. The number of likely N-dealkylation sites (N-methyl/N-ethyl adjacent to an activating group) is 1. The second kappa shape index (κ2) is 6.07. The van der Waals surface area contributed by atoms with E-state index in [9.17, 15) is 18.0 Å². The van der Waals surface area contributed by atoms with E-state index in [2.05, 4.69) is 5.32 Å². The minimum Gasteiger partial charge on any atom is -0.371 e. The number of hydrogen-bond donors (Lipinski definition) is 1. The standard InChI is InChI=1S/C17H16F3N3O/c1-22-10-11-23(15-9-5-4-8-14(15)22)16(24)21-13-7-3-2-6-12(13)17(18,19)20/h2-9H,10-11H2,1H3,(H,21,24). The van der Waals surface area contributed by atoms with Crippen LogP contribution in [0.4, 0.5) is 35.0 Å². The molecule has 1 N–H and O–H groups in total. The number of carbonyl (C=O) groups is 1. The van der Waals surface area contributed by atoms with Crippen LogP contribution in [0.2, 0.25) is 0 Å². The largest absolute Gasteiger partial charge is 0.418 e. The second-order valence-electron chi connectivity index (χ2n) is 5.54. The summed E-state index contributed by atoms with van der Waals surface area (Å²) >= 11 is 0. The summed E-state index contributed by atoms with van der Waals surface area (Å²) in [5.74, 6) is 0. The Hall–Kier alpha value is -2.70. The molecule has 2 aromatic rings. The number of nitrogens with zero attached hydrogens (tertiary/aromatic N) is 2. The Kier molecular flexibility index (Phi) is 4.09. The summed E-state index contributed by atoms with van der Waals surface area (Å²) in [6, 6.07) is 11.7. The predicted molar refractivity (Wildman–Crippen MR) is 87.5 cm³/mol. The van der Waals surface area contributed by atoms with Gasteiger partial charge in [0, 0.05) is 20.1 Å². The molecule has 2 amide bonds. The monoisotopic (exact) mass is 335 g/mol. The highest BCUT2D eigenvalue weighted by Gasteiger charge is 2.34. The first kappa shape index (κ1) is 16.2. The molecule has 0 bridgehead atoms. The number of benzene rings is 2. The van der Waals surface area contributed by atoms with Gasteiger partial charge in [0.1, 0.15) is 0 Å². The lowest BCUT2D eigenvalue weighted by Gasteiger charge is -2.35. The maximum atomic E-state index is 13.1. The smallest absolute Gasteiger partial charge is 0.371 e. The van der Waals surface area contributed by atoms with E-state index in [4.69, 9.17) is 0 Å². The highest BCUT2D eigenvalue weighted by molar-refractivity contribution is 6.04. The molecule has 0 radical (unpaired) electrons. The van der Waals surface area contributed by atoms with E-state index >= 15 is 0 Å². The average molecular weight is 335 g/mol. The van der Waals surface area contributed by atoms with E-state index in [1.165, 1.54) is 23.1 Å². The highest BCUT2D eigenvalue weighted by Crippen LogP contribution is 2.36. The molecule has 1 aliphatic rings. The Bertz CT molecular complexity index is 761. The van der Waals surface area contributed by atoms with Crippen LogP contribution in [0.25, 0.3) is 0 Å². The van der Waals surface area contributed by atoms with Crippen LogP contribution in [0.15, 0.2) is 48.5 Å². The summed E-state index contributed by atoms with van der Waals surface area (Å²) in [7, 11) is 1.91. The number of hydrogen-bond acceptors (Lipinski definition) is 2. The SMILES string of the molecule is CN1CCN(C(=O)Nc2ccccc2C(F)(F)F)c2ccccc21. The topological polar surface area (TPSA) is 35.6 Å². The maximum Gasteiger partial charge on any atom is 0.418 e. The van der Waals surface area contributed by atoms with Crippen molar-refractivity contribution < 1.29 is 18.0 Å². The molecule has 4 nitrogen and oxygen atoms in total. The Morgan fingerprint density at radius 3 is 2.33 bits per heavy atom. The second-order valence-corrected chi connectivity index (χ2v) is 5.54. The number of urea groups is 1. The molecule has 7 heteroatoms. The molecule has 0 fully saturated rings. The Labute approximate surface area is 137 Å². The molecular formula is C17H16F3N3O. The number of anilines is 3. The molecule has 2 aromatic carbocycles. The minimum atomic E-state index is -4.52. The Morgan fingerprint density at radius 1 is 1.00 bits per heavy atom. The zero-order valence-corrected chi connectivity index (χ0v) is 13.0. The van der Waals surface area contributed by atoms with Gasteiger partial charge in [0.2, 0.25) is 0 Å². The fourth-order valence-corrected chi connectivity index (χ4v) is 2.74. The van der Waals surface area contributed by atoms with Gasteiger partial charge < -0.3 is 10.2 Å². The maximum absolute atomic E-state index is 13.1. The summed E-state index contributed by atoms with van der Waals surface area (Å²) in [4.78, 5) is 16.0. The third-order valence-corrected chi connectivity index (χ3v) is 3.96. The van der Waals surface area contributed by atoms with Gasteiger partial charge in [0.05, 0.1) is 22.6 Å². The molecule has 0 aliphatic carbocycles. The zero-order chi connectivity index (χ0) is 17.3. The number of para-hydroxylation sites is 3.